The highest BCUT2D eigenvalue weighted by Crippen LogP contribution is 2.38. The molecule has 102 valence electrons. The van der Waals surface area contributed by atoms with Gasteiger partial charge in [-0.05, 0) is 12.8 Å². The van der Waals surface area contributed by atoms with Crippen molar-refractivity contribution in [2.75, 3.05) is 6.61 Å². The average molecular weight is 273 g/mol. The Morgan fingerprint density at radius 2 is 2.39 bits per heavy atom. The van der Waals surface area contributed by atoms with E-state index in [9.17, 15) is 5.11 Å². The standard InChI is InChI=1S/C13H21ClN2O2/c1-3-6-16-12(11(14)9-15-16)13(17)5-7-18-10(4-2)8-13/h9-10,17H,3-8H2,1-2H3. The quantitative estimate of drug-likeness (QED) is 0.917. The Morgan fingerprint density at radius 3 is 3.06 bits per heavy atom. The highest BCUT2D eigenvalue weighted by molar-refractivity contribution is 6.31. The van der Waals surface area contributed by atoms with Gasteiger partial charge in [0.1, 0.15) is 5.60 Å². The van der Waals surface area contributed by atoms with Crippen LogP contribution in [0.3, 0.4) is 0 Å². The highest BCUT2D eigenvalue weighted by atomic mass is 35.5. The predicted molar refractivity (Wildman–Crippen MR) is 70.7 cm³/mol. The van der Waals surface area contributed by atoms with Gasteiger partial charge in [-0.15, -0.1) is 0 Å². The molecule has 5 heteroatoms. The Hall–Kier alpha value is -0.580. The molecule has 1 aliphatic heterocycles. The van der Waals surface area contributed by atoms with Crippen LogP contribution < -0.4 is 0 Å². The van der Waals surface area contributed by atoms with Gasteiger partial charge in [0.2, 0.25) is 0 Å². The van der Waals surface area contributed by atoms with E-state index in [4.69, 9.17) is 16.3 Å². The van der Waals surface area contributed by atoms with Crippen molar-refractivity contribution in [1.82, 2.24) is 9.78 Å². The molecule has 2 heterocycles. The van der Waals surface area contributed by atoms with Crippen molar-refractivity contribution in [2.45, 2.75) is 57.8 Å². The third-order valence-electron chi connectivity index (χ3n) is 3.56. The molecule has 2 atom stereocenters. The third kappa shape index (κ3) is 2.56. The van der Waals surface area contributed by atoms with Crippen LogP contribution in [0.2, 0.25) is 5.02 Å². The maximum Gasteiger partial charge on any atom is 0.112 e. The van der Waals surface area contributed by atoms with Crippen molar-refractivity contribution >= 4 is 11.6 Å². The van der Waals surface area contributed by atoms with Crippen molar-refractivity contribution in [2.24, 2.45) is 0 Å². The first-order valence-corrected chi connectivity index (χ1v) is 7.04. The lowest BCUT2D eigenvalue weighted by atomic mass is 9.86. The van der Waals surface area contributed by atoms with Crippen LogP contribution in [0, 0.1) is 0 Å². The Balaban J connectivity index is 2.30. The van der Waals surface area contributed by atoms with Gasteiger partial charge in [-0.3, -0.25) is 4.68 Å². The Labute approximate surface area is 113 Å². The maximum absolute atomic E-state index is 10.9. The van der Waals surface area contributed by atoms with Gasteiger partial charge in [0.25, 0.3) is 0 Å². The van der Waals surface area contributed by atoms with Gasteiger partial charge in [-0.25, -0.2) is 0 Å². The van der Waals surface area contributed by atoms with Crippen molar-refractivity contribution in [3.05, 3.63) is 16.9 Å². The largest absolute Gasteiger partial charge is 0.383 e. The van der Waals surface area contributed by atoms with Gasteiger partial charge < -0.3 is 9.84 Å². The highest BCUT2D eigenvalue weighted by Gasteiger charge is 2.40. The van der Waals surface area contributed by atoms with Gasteiger partial charge in [0, 0.05) is 19.4 Å². The summed E-state index contributed by atoms with van der Waals surface area (Å²) in [4.78, 5) is 0. The monoisotopic (exact) mass is 272 g/mol. The zero-order valence-electron chi connectivity index (χ0n) is 11.0. The summed E-state index contributed by atoms with van der Waals surface area (Å²) in [7, 11) is 0. The van der Waals surface area contributed by atoms with Gasteiger partial charge in [0.15, 0.2) is 0 Å². The number of nitrogens with zero attached hydrogens (tertiary/aromatic N) is 2. The molecule has 4 nitrogen and oxygen atoms in total. The number of aliphatic hydroxyl groups is 1. The van der Waals surface area contributed by atoms with Crippen LogP contribution >= 0.6 is 11.6 Å². The summed E-state index contributed by atoms with van der Waals surface area (Å²) in [5.74, 6) is 0. The van der Waals surface area contributed by atoms with Crippen molar-refractivity contribution in [3.8, 4) is 0 Å². The fourth-order valence-electron chi connectivity index (χ4n) is 2.62. The molecule has 1 aliphatic rings. The molecule has 0 radical (unpaired) electrons. The Morgan fingerprint density at radius 1 is 1.61 bits per heavy atom. The molecule has 1 fully saturated rings. The minimum atomic E-state index is -0.901. The summed E-state index contributed by atoms with van der Waals surface area (Å²) in [6, 6.07) is 0. The van der Waals surface area contributed by atoms with E-state index in [1.54, 1.807) is 6.20 Å². The first-order chi connectivity index (χ1) is 8.60. The zero-order valence-corrected chi connectivity index (χ0v) is 11.8. The summed E-state index contributed by atoms with van der Waals surface area (Å²) < 4.78 is 7.46. The summed E-state index contributed by atoms with van der Waals surface area (Å²) >= 11 is 6.21. The first-order valence-electron chi connectivity index (χ1n) is 6.66. The number of ether oxygens (including phenoxy) is 1. The number of hydrogen-bond donors (Lipinski definition) is 1. The predicted octanol–water partition coefficient (Wildman–Crippen LogP) is 2.72. The topological polar surface area (TPSA) is 47.3 Å². The number of halogens is 1. The minimum Gasteiger partial charge on any atom is -0.383 e. The molecular formula is C13H21ClN2O2. The molecule has 1 N–H and O–H groups in total. The lowest BCUT2D eigenvalue weighted by molar-refractivity contribution is -0.112. The summed E-state index contributed by atoms with van der Waals surface area (Å²) in [6.45, 7) is 5.51. The van der Waals surface area contributed by atoms with Crippen LogP contribution in [0.15, 0.2) is 6.20 Å². The lowest BCUT2D eigenvalue weighted by Crippen LogP contribution is -2.40. The van der Waals surface area contributed by atoms with Gasteiger partial charge in [0.05, 0.1) is 29.6 Å². The molecule has 1 aromatic rings. The van der Waals surface area contributed by atoms with E-state index in [-0.39, 0.29) is 6.10 Å². The van der Waals surface area contributed by atoms with E-state index in [2.05, 4.69) is 18.9 Å². The molecule has 2 rings (SSSR count). The summed E-state index contributed by atoms with van der Waals surface area (Å²) in [6.07, 6.45) is 4.78. The van der Waals surface area contributed by atoms with Crippen LogP contribution in [-0.2, 0) is 16.9 Å². The number of hydrogen-bond acceptors (Lipinski definition) is 3. The zero-order chi connectivity index (χ0) is 13.2. The van der Waals surface area contributed by atoms with E-state index < -0.39 is 5.60 Å². The molecule has 1 saturated heterocycles. The molecule has 18 heavy (non-hydrogen) atoms. The fourth-order valence-corrected chi connectivity index (χ4v) is 2.93. The molecule has 0 saturated carbocycles. The second kappa shape index (κ2) is 5.59. The van der Waals surface area contributed by atoms with Crippen LogP contribution in [0.25, 0.3) is 0 Å². The first kappa shape index (κ1) is 13.8. The molecule has 1 aromatic heterocycles. The molecule has 0 aliphatic carbocycles. The molecule has 0 spiro atoms. The Bertz CT molecular complexity index is 408. The van der Waals surface area contributed by atoms with Crippen LogP contribution in [0.1, 0.15) is 45.2 Å². The second-order valence-electron chi connectivity index (χ2n) is 4.95. The van der Waals surface area contributed by atoms with Crippen molar-refractivity contribution < 1.29 is 9.84 Å². The average Bonchev–Trinajstić information content (AvgIpc) is 2.72. The van der Waals surface area contributed by atoms with Gasteiger partial charge in [-0.2, -0.15) is 5.10 Å². The van der Waals surface area contributed by atoms with Gasteiger partial charge >= 0.3 is 0 Å². The summed E-state index contributed by atoms with van der Waals surface area (Å²) in [5.41, 5.74) is -0.144. The van der Waals surface area contributed by atoms with E-state index >= 15 is 0 Å². The number of aryl methyl sites for hydroxylation is 1. The number of rotatable bonds is 4. The molecule has 0 aromatic carbocycles. The molecule has 0 amide bonds. The normalized spacial score (nSPS) is 28.6. The Kier molecular flexibility index (Phi) is 4.30. The van der Waals surface area contributed by atoms with E-state index in [1.807, 2.05) is 4.68 Å². The van der Waals surface area contributed by atoms with Crippen LogP contribution in [-0.4, -0.2) is 27.6 Å². The number of aromatic nitrogens is 2. The van der Waals surface area contributed by atoms with Gasteiger partial charge in [-0.1, -0.05) is 25.4 Å². The fraction of sp³-hybridized carbons (Fsp3) is 0.769. The third-order valence-corrected chi connectivity index (χ3v) is 3.84. The molecule has 0 bridgehead atoms. The molecule has 2 unspecified atom stereocenters. The van der Waals surface area contributed by atoms with Crippen molar-refractivity contribution in [1.29, 1.82) is 0 Å². The minimum absolute atomic E-state index is 0.102. The second-order valence-corrected chi connectivity index (χ2v) is 5.36. The smallest absolute Gasteiger partial charge is 0.112 e. The van der Waals surface area contributed by atoms with Crippen molar-refractivity contribution in [3.63, 3.8) is 0 Å². The lowest BCUT2D eigenvalue weighted by Gasteiger charge is -2.37. The van der Waals surface area contributed by atoms with Crippen LogP contribution in [0.4, 0.5) is 0 Å². The summed E-state index contributed by atoms with van der Waals surface area (Å²) in [5, 5.41) is 15.7. The molecular weight excluding hydrogens is 252 g/mol. The van der Waals surface area contributed by atoms with E-state index in [0.29, 0.717) is 24.5 Å². The maximum atomic E-state index is 10.9. The van der Waals surface area contributed by atoms with E-state index in [1.165, 1.54) is 0 Å². The SMILES string of the molecule is CCCn1ncc(Cl)c1C1(O)CCOC(CC)C1. The van der Waals surface area contributed by atoms with E-state index in [0.717, 1.165) is 25.1 Å². The van der Waals surface area contributed by atoms with Crippen LogP contribution in [0.5, 0.6) is 0 Å².